The first-order valence-electron chi connectivity index (χ1n) is 7.44. The Morgan fingerprint density at radius 1 is 1.52 bits per heavy atom. The Morgan fingerprint density at radius 2 is 2.33 bits per heavy atom. The van der Waals surface area contributed by atoms with Crippen molar-refractivity contribution in [2.45, 2.75) is 44.3 Å². The van der Waals surface area contributed by atoms with Crippen LogP contribution in [-0.2, 0) is 4.79 Å². The number of imidazole rings is 1. The van der Waals surface area contributed by atoms with Crippen LogP contribution in [0, 0.1) is 12.8 Å². The van der Waals surface area contributed by atoms with Crippen LogP contribution < -0.4 is 0 Å². The quantitative estimate of drug-likeness (QED) is 0.823. The van der Waals surface area contributed by atoms with Crippen LogP contribution in [0.4, 0.5) is 0 Å². The van der Waals surface area contributed by atoms with Crippen molar-refractivity contribution in [2.75, 3.05) is 5.75 Å². The molecule has 0 spiro atoms. The summed E-state index contributed by atoms with van der Waals surface area (Å²) < 4.78 is 2.29. The van der Waals surface area contributed by atoms with Gasteiger partial charge in [0, 0.05) is 6.04 Å². The lowest BCUT2D eigenvalue weighted by Gasteiger charge is -2.09. The highest BCUT2D eigenvalue weighted by atomic mass is 32.2. The molecule has 1 fully saturated rings. The van der Waals surface area contributed by atoms with Crippen molar-refractivity contribution in [3.05, 3.63) is 23.8 Å². The van der Waals surface area contributed by atoms with Crippen LogP contribution >= 0.6 is 11.8 Å². The fourth-order valence-electron chi connectivity index (χ4n) is 3.06. The summed E-state index contributed by atoms with van der Waals surface area (Å²) in [4.78, 5) is 15.5. The molecule has 0 bridgehead atoms. The van der Waals surface area contributed by atoms with E-state index in [1.165, 1.54) is 42.1 Å². The predicted molar refractivity (Wildman–Crippen MR) is 84.9 cm³/mol. The zero-order chi connectivity index (χ0) is 15.0. The lowest BCUT2D eigenvalue weighted by molar-refractivity contribution is -0.133. The number of carboxylic acid groups (broad SMARTS) is 1. The molecule has 3 rings (SSSR count). The molecule has 0 radical (unpaired) electrons. The minimum Gasteiger partial charge on any atom is -0.481 e. The van der Waals surface area contributed by atoms with Gasteiger partial charge in [0.1, 0.15) is 0 Å². The minimum absolute atomic E-state index is 0.0630. The maximum absolute atomic E-state index is 10.9. The predicted octanol–water partition coefficient (Wildman–Crippen LogP) is 3.88. The largest absolute Gasteiger partial charge is 0.481 e. The zero-order valence-corrected chi connectivity index (χ0v) is 13.2. The van der Waals surface area contributed by atoms with Crippen LogP contribution in [0.15, 0.2) is 23.4 Å². The standard InChI is InChI=1S/C16H20N2O2S/c1-3-5-11-8-13(11)18-15-10(2)6-4-7-12(15)17-16(18)21-9-14(19)20/h4,6-7,11,13H,3,5,8-9H2,1-2H3,(H,19,20). The Hall–Kier alpha value is -1.49. The summed E-state index contributed by atoms with van der Waals surface area (Å²) in [6, 6.07) is 6.62. The van der Waals surface area contributed by atoms with Crippen LogP contribution in [0.1, 0.15) is 37.8 Å². The van der Waals surface area contributed by atoms with E-state index in [9.17, 15) is 4.79 Å². The molecule has 1 saturated carbocycles. The molecule has 0 aliphatic heterocycles. The molecular weight excluding hydrogens is 284 g/mol. The van der Waals surface area contributed by atoms with Crippen molar-refractivity contribution in [3.63, 3.8) is 0 Å². The Balaban J connectivity index is 2.01. The molecule has 1 heterocycles. The Bertz CT molecular complexity index is 680. The topological polar surface area (TPSA) is 55.1 Å². The Morgan fingerprint density at radius 3 is 3.05 bits per heavy atom. The number of aryl methyl sites for hydroxylation is 1. The summed E-state index contributed by atoms with van der Waals surface area (Å²) in [5, 5.41) is 9.78. The van der Waals surface area contributed by atoms with Gasteiger partial charge in [0.15, 0.2) is 5.16 Å². The molecule has 5 heteroatoms. The van der Waals surface area contributed by atoms with Crippen molar-refractivity contribution >= 4 is 28.8 Å². The summed E-state index contributed by atoms with van der Waals surface area (Å²) in [6.45, 7) is 4.32. The average molecular weight is 304 g/mol. The number of hydrogen-bond acceptors (Lipinski definition) is 3. The number of carboxylic acids is 1. The number of hydrogen-bond donors (Lipinski definition) is 1. The van der Waals surface area contributed by atoms with E-state index in [0.717, 1.165) is 16.6 Å². The highest BCUT2D eigenvalue weighted by molar-refractivity contribution is 7.99. The number of carbonyl (C=O) groups is 1. The van der Waals surface area contributed by atoms with Crippen LogP contribution in [0.25, 0.3) is 11.0 Å². The van der Waals surface area contributed by atoms with Gasteiger partial charge in [-0.3, -0.25) is 4.79 Å². The molecule has 2 atom stereocenters. The minimum atomic E-state index is -0.795. The van der Waals surface area contributed by atoms with Gasteiger partial charge in [-0.05, 0) is 37.3 Å². The van der Waals surface area contributed by atoms with Crippen LogP contribution in [0.3, 0.4) is 0 Å². The lowest BCUT2D eigenvalue weighted by atomic mass is 10.2. The van der Waals surface area contributed by atoms with Crippen LogP contribution in [-0.4, -0.2) is 26.4 Å². The van der Waals surface area contributed by atoms with Gasteiger partial charge in [0.25, 0.3) is 0 Å². The first-order valence-corrected chi connectivity index (χ1v) is 8.42. The van der Waals surface area contributed by atoms with E-state index in [1.54, 1.807) is 0 Å². The second kappa shape index (κ2) is 5.72. The van der Waals surface area contributed by atoms with Gasteiger partial charge < -0.3 is 9.67 Å². The molecule has 21 heavy (non-hydrogen) atoms. The van der Waals surface area contributed by atoms with Crippen LogP contribution in [0.2, 0.25) is 0 Å². The molecule has 2 aromatic rings. The van der Waals surface area contributed by atoms with E-state index in [0.29, 0.717) is 6.04 Å². The van der Waals surface area contributed by atoms with E-state index in [2.05, 4.69) is 29.5 Å². The third-order valence-corrected chi connectivity index (χ3v) is 5.02. The number of fused-ring (bicyclic) bond motifs is 1. The van der Waals surface area contributed by atoms with Crippen LogP contribution in [0.5, 0.6) is 0 Å². The van der Waals surface area contributed by atoms with E-state index < -0.39 is 5.97 Å². The molecule has 1 N–H and O–H groups in total. The summed E-state index contributed by atoms with van der Waals surface area (Å²) >= 11 is 1.33. The zero-order valence-electron chi connectivity index (χ0n) is 12.4. The number of nitrogens with zero attached hydrogens (tertiary/aromatic N) is 2. The number of benzene rings is 1. The van der Waals surface area contributed by atoms with Gasteiger partial charge in [-0.2, -0.15) is 0 Å². The van der Waals surface area contributed by atoms with Crippen molar-refractivity contribution in [3.8, 4) is 0 Å². The number of para-hydroxylation sites is 1. The first-order chi connectivity index (χ1) is 10.1. The summed E-state index contributed by atoms with van der Waals surface area (Å²) in [5.74, 6) is -0.0134. The number of rotatable bonds is 6. The first kappa shape index (κ1) is 14.4. The third-order valence-electron chi connectivity index (χ3n) is 4.08. The average Bonchev–Trinajstić information content (AvgIpc) is 3.08. The van der Waals surface area contributed by atoms with Gasteiger partial charge in [0.05, 0.1) is 16.8 Å². The van der Waals surface area contributed by atoms with Crippen molar-refractivity contribution in [2.24, 2.45) is 5.92 Å². The number of aromatic nitrogens is 2. The van der Waals surface area contributed by atoms with E-state index in [1.807, 2.05) is 12.1 Å². The third kappa shape index (κ3) is 2.79. The molecule has 1 aromatic carbocycles. The summed E-state index contributed by atoms with van der Waals surface area (Å²) in [6.07, 6.45) is 3.62. The van der Waals surface area contributed by atoms with Gasteiger partial charge in [-0.1, -0.05) is 37.2 Å². The fraction of sp³-hybridized carbons (Fsp3) is 0.500. The van der Waals surface area contributed by atoms with E-state index in [4.69, 9.17) is 5.11 Å². The van der Waals surface area contributed by atoms with Crippen molar-refractivity contribution < 1.29 is 9.90 Å². The summed E-state index contributed by atoms with van der Waals surface area (Å²) in [5.41, 5.74) is 3.36. The second-order valence-electron chi connectivity index (χ2n) is 5.74. The number of aliphatic carboxylic acids is 1. The Labute approximate surface area is 128 Å². The van der Waals surface area contributed by atoms with Crippen molar-refractivity contribution in [1.82, 2.24) is 9.55 Å². The molecule has 0 amide bonds. The number of thioether (sulfide) groups is 1. The van der Waals surface area contributed by atoms with Gasteiger partial charge in [0.2, 0.25) is 0 Å². The molecule has 1 aliphatic carbocycles. The Kier molecular flexibility index (Phi) is 3.93. The van der Waals surface area contributed by atoms with Gasteiger partial charge in [-0.15, -0.1) is 0 Å². The second-order valence-corrected chi connectivity index (χ2v) is 6.68. The molecule has 4 nitrogen and oxygen atoms in total. The highest BCUT2D eigenvalue weighted by Crippen LogP contribution is 2.49. The molecular formula is C16H20N2O2S. The highest BCUT2D eigenvalue weighted by Gasteiger charge is 2.40. The normalized spacial score (nSPS) is 20.9. The molecule has 2 unspecified atom stereocenters. The smallest absolute Gasteiger partial charge is 0.313 e. The van der Waals surface area contributed by atoms with Crippen molar-refractivity contribution in [1.29, 1.82) is 0 Å². The SMILES string of the molecule is CCCC1CC1n1c(SCC(=O)O)nc2cccc(C)c21. The lowest BCUT2D eigenvalue weighted by Crippen LogP contribution is -2.03. The fourth-order valence-corrected chi connectivity index (χ4v) is 3.85. The monoisotopic (exact) mass is 304 g/mol. The van der Waals surface area contributed by atoms with Gasteiger partial charge in [-0.25, -0.2) is 4.98 Å². The van der Waals surface area contributed by atoms with E-state index >= 15 is 0 Å². The molecule has 0 saturated heterocycles. The van der Waals surface area contributed by atoms with E-state index in [-0.39, 0.29) is 5.75 Å². The molecule has 1 aliphatic rings. The molecule has 112 valence electrons. The maximum Gasteiger partial charge on any atom is 0.313 e. The van der Waals surface area contributed by atoms with Gasteiger partial charge >= 0.3 is 5.97 Å². The summed E-state index contributed by atoms with van der Waals surface area (Å²) in [7, 11) is 0. The molecule has 1 aromatic heterocycles. The maximum atomic E-state index is 10.9.